The third kappa shape index (κ3) is 5.96. The van der Waals surface area contributed by atoms with Crippen LogP contribution in [0.1, 0.15) is 38.8 Å². The Morgan fingerprint density at radius 2 is 1.95 bits per heavy atom. The maximum atomic E-state index is 11.6. The molecule has 0 fully saturated rings. The molecule has 0 saturated carbocycles. The highest BCUT2D eigenvalue weighted by Crippen LogP contribution is 2.09. The van der Waals surface area contributed by atoms with Gasteiger partial charge in [0.2, 0.25) is 0 Å². The fourth-order valence-electron chi connectivity index (χ4n) is 1.65. The van der Waals surface area contributed by atoms with E-state index in [2.05, 4.69) is 11.2 Å². The zero-order valence-electron chi connectivity index (χ0n) is 12.0. The topological polar surface area (TPSA) is 38.3 Å². The summed E-state index contributed by atoms with van der Waals surface area (Å²) >= 11 is 0. The molecular weight excluding hydrogens is 238 g/mol. The molecular formula is C16H21NO2. The van der Waals surface area contributed by atoms with Gasteiger partial charge >= 0.3 is 6.09 Å². The first kappa shape index (κ1) is 15.1. The fourth-order valence-corrected chi connectivity index (χ4v) is 1.65. The first-order valence-electron chi connectivity index (χ1n) is 6.35. The largest absolute Gasteiger partial charge is 0.444 e. The van der Waals surface area contributed by atoms with Crippen molar-refractivity contribution in [2.75, 3.05) is 0 Å². The molecule has 1 rings (SSSR count). The van der Waals surface area contributed by atoms with E-state index in [1.54, 1.807) is 0 Å². The predicted octanol–water partition coefficient (Wildman–Crippen LogP) is 3.12. The van der Waals surface area contributed by atoms with Gasteiger partial charge in [-0.25, -0.2) is 4.79 Å². The van der Waals surface area contributed by atoms with E-state index >= 15 is 0 Å². The summed E-state index contributed by atoms with van der Waals surface area (Å²) in [7, 11) is 0. The van der Waals surface area contributed by atoms with Crippen LogP contribution in [0.25, 0.3) is 0 Å². The van der Waals surface area contributed by atoms with Crippen LogP contribution >= 0.6 is 0 Å². The van der Waals surface area contributed by atoms with E-state index in [1.807, 2.05) is 52.0 Å². The Kier molecular flexibility index (Phi) is 5.00. The molecule has 1 amide bonds. The van der Waals surface area contributed by atoms with Gasteiger partial charge in [0.25, 0.3) is 0 Å². The van der Waals surface area contributed by atoms with Gasteiger partial charge < -0.3 is 10.1 Å². The zero-order valence-corrected chi connectivity index (χ0v) is 12.0. The molecule has 0 aliphatic rings. The second kappa shape index (κ2) is 6.29. The van der Waals surface area contributed by atoms with Crippen LogP contribution in [0.2, 0.25) is 0 Å². The van der Waals surface area contributed by atoms with Gasteiger partial charge in [0, 0.05) is 11.6 Å². The Morgan fingerprint density at radius 3 is 2.42 bits per heavy atom. The standard InChI is InChI=1S/C16H21NO2/c1-6-13-7-9-14(10-8-13)11-12(2)17-15(18)19-16(3,4)5/h1,7-10,12H,11H2,2-5H3,(H,17,18). The SMILES string of the molecule is C#Cc1ccc(CC(C)NC(=O)OC(C)(C)C)cc1. The van der Waals surface area contributed by atoms with Crippen molar-refractivity contribution < 1.29 is 9.53 Å². The van der Waals surface area contributed by atoms with Crippen molar-refractivity contribution in [1.29, 1.82) is 0 Å². The van der Waals surface area contributed by atoms with E-state index in [9.17, 15) is 4.79 Å². The van der Waals surface area contributed by atoms with E-state index in [-0.39, 0.29) is 12.1 Å². The van der Waals surface area contributed by atoms with Gasteiger partial charge in [-0.1, -0.05) is 18.1 Å². The van der Waals surface area contributed by atoms with Crippen LogP contribution in [0.3, 0.4) is 0 Å². The predicted molar refractivity (Wildman–Crippen MR) is 76.9 cm³/mol. The second-order valence-electron chi connectivity index (χ2n) is 5.59. The molecule has 1 N–H and O–H groups in total. The summed E-state index contributed by atoms with van der Waals surface area (Å²) in [6.45, 7) is 7.47. The number of nitrogens with one attached hydrogen (secondary N) is 1. The molecule has 3 heteroatoms. The van der Waals surface area contributed by atoms with E-state index in [0.29, 0.717) is 0 Å². The van der Waals surface area contributed by atoms with Crippen LogP contribution in [0.4, 0.5) is 4.79 Å². The third-order valence-electron chi connectivity index (χ3n) is 2.43. The number of carbonyl (C=O) groups excluding carboxylic acids is 1. The molecule has 0 saturated heterocycles. The van der Waals surface area contributed by atoms with Crippen molar-refractivity contribution in [2.24, 2.45) is 0 Å². The summed E-state index contributed by atoms with van der Waals surface area (Å²) in [5, 5.41) is 2.81. The number of alkyl carbamates (subject to hydrolysis) is 1. The number of hydrogen-bond donors (Lipinski definition) is 1. The Bertz CT molecular complexity index is 463. The highest BCUT2D eigenvalue weighted by molar-refractivity contribution is 5.68. The van der Waals surface area contributed by atoms with Gasteiger partial charge in [0.1, 0.15) is 5.60 Å². The summed E-state index contributed by atoms with van der Waals surface area (Å²) in [5.74, 6) is 2.58. The molecule has 0 bridgehead atoms. The van der Waals surface area contributed by atoms with Gasteiger partial charge in [0.05, 0.1) is 0 Å². The summed E-state index contributed by atoms with van der Waals surface area (Å²) in [6.07, 6.45) is 5.65. The minimum atomic E-state index is -0.474. The van der Waals surface area contributed by atoms with Crippen LogP contribution in [0.5, 0.6) is 0 Å². The molecule has 3 nitrogen and oxygen atoms in total. The maximum absolute atomic E-state index is 11.6. The summed E-state index contributed by atoms with van der Waals surface area (Å²) in [5.41, 5.74) is 1.51. The number of amides is 1. The van der Waals surface area contributed by atoms with Gasteiger partial charge in [0.15, 0.2) is 0 Å². The zero-order chi connectivity index (χ0) is 14.5. The van der Waals surface area contributed by atoms with Crippen molar-refractivity contribution in [1.82, 2.24) is 5.32 Å². The lowest BCUT2D eigenvalue weighted by Gasteiger charge is -2.22. The van der Waals surface area contributed by atoms with E-state index < -0.39 is 5.60 Å². The Balaban J connectivity index is 2.48. The molecule has 1 aromatic carbocycles. The Labute approximate surface area is 115 Å². The normalized spacial score (nSPS) is 12.4. The van der Waals surface area contributed by atoms with E-state index in [0.717, 1.165) is 17.5 Å². The number of hydrogen-bond acceptors (Lipinski definition) is 2. The van der Waals surface area contributed by atoms with Gasteiger partial charge in [-0.05, 0) is 51.8 Å². The van der Waals surface area contributed by atoms with E-state index in [4.69, 9.17) is 11.2 Å². The van der Waals surface area contributed by atoms with Crippen LogP contribution in [-0.4, -0.2) is 17.7 Å². The Hall–Kier alpha value is -1.95. The second-order valence-corrected chi connectivity index (χ2v) is 5.59. The van der Waals surface area contributed by atoms with Crippen LogP contribution in [0, 0.1) is 12.3 Å². The highest BCUT2D eigenvalue weighted by atomic mass is 16.6. The molecule has 0 spiro atoms. The smallest absolute Gasteiger partial charge is 0.407 e. The lowest BCUT2D eigenvalue weighted by Crippen LogP contribution is -2.38. The van der Waals surface area contributed by atoms with Crippen LogP contribution < -0.4 is 5.32 Å². The number of terminal acetylenes is 1. The summed E-state index contributed by atoms with van der Waals surface area (Å²) < 4.78 is 5.21. The van der Waals surface area contributed by atoms with Crippen molar-refractivity contribution >= 4 is 6.09 Å². The molecule has 0 aliphatic heterocycles. The lowest BCUT2D eigenvalue weighted by molar-refractivity contribution is 0.0508. The lowest BCUT2D eigenvalue weighted by atomic mass is 10.1. The van der Waals surface area contributed by atoms with Crippen molar-refractivity contribution in [3.63, 3.8) is 0 Å². The quantitative estimate of drug-likeness (QED) is 0.847. The molecule has 0 aromatic heterocycles. The fraction of sp³-hybridized carbons (Fsp3) is 0.438. The molecule has 1 unspecified atom stereocenters. The Morgan fingerprint density at radius 1 is 1.37 bits per heavy atom. The van der Waals surface area contributed by atoms with E-state index in [1.165, 1.54) is 0 Å². The van der Waals surface area contributed by atoms with Crippen LogP contribution in [0.15, 0.2) is 24.3 Å². The minimum Gasteiger partial charge on any atom is -0.444 e. The third-order valence-corrected chi connectivity index (χ3v) is 2.43. The molecule has 1 aromatic rings. The monoisotopic (exact) mass is 259 g/mol. The van der Waals surface area contributed by atoms with Crippen molar-refractivity contribution in [3.8, 4) is 12.3 Å². The maximum Gasteiger partial charge on any atom is 0.407 e. The number of carbonyl (C=O) groups is 1. The van der Waals surface area contributed by atoms with Gasteiger partial charge in [-0.3, -0.25) is 0 Å². The number of rotatable bonds is 3. The molecule has 0 heterocycles. The first-order chi connectivity index (χ1) is 8.80. The average molecular weight is 259 g/mol. The molecule has 1 atom stereocenters. The highest BCUT2D eigenvalue weighted by Gasteiger charge is 2.17. The molecule has 0 radical (unpaired) electrons. The molecule has 0 aliphatic carbocycles. The molecule has 102 valence electrons. The number of ether oxygens (including phenoxy) is 1. The first-order valence-corrected chi connectivity index (χ1v) is 6.35. The van der Waals surface area contributed by atoms with Gasteiger partial charge in [-0.15, -0.1) is 6.42 Å². The minimum absolute atomic E-state index is 0.00605. The average Bonchev–Trinajstić information content (AvgIpc) is 2.27. The van der Waals surface area contributed by atoms with Crippen molar-refractivity contribution in [3.05, 3.63) is 35.4 Å². The number of benzene rings is 1. The van der Waals surface area contributed by atoms with Crippen LogP contribution in [-0.2, 0) is 11.2 Å². The summed E-state index contributed by atoms with van der Waals surface area (Å²) in [4.78, 5) is 11.6. The van der Waals surface area contributed by atoms with Gasteiger partial charge in [-0.2, -0.15) is 0 Å². The van der Waals surface area contributed by atoms with Crippen molar-refractivity contribution in [2.45, 2.75) is 45.8 Å². The summed E-state index contributed by atoms with van der Waals surface area (Å²) in [6, 6.07) is 7.75. The molecule has 19 heavy (non-hydrogen) atoms.